The largest absolute Gasteiger partial charge is 0.364 e. The lowest BCUT2D eigenvalue weighted by atomic mass is 10.2. The summed E-state index contributed by atoms with van der Waals surface area (Å²) in [6, 6.07) is 4.53. The van der Waals surface area contributed by atoms with Crippen LogP contribution in [0, 0.1) is 10.1 Å². The van der Waals surface area contributed by atoms with Crippen molar-refractivity contribution in [3.05, 3.63) is 34.4 Å². The molecular formula is C14H20N4O6S. The van der Waals surface area contributed by atoms with E-state index in [-0.39, 0.29) is 35.7 Å². The van der Waals surface area contributed by atoms with Gasteiger partial charge in [-0.25, -0.2) is 13.1 Å². The quantitative estimate of drug-likeness (QED) is 0.315. The molecule has 11 heteroatoms. The van der Waals surface area contributed by atoms with E-state index < -0.39 is 21.1 Å². The molecule has 1 heterocycles. The van der Waals surface area contributed by atoms with Crippen LogP contribution in [0.2, 0.25) is 0 Å². The maximum absolute atomic E-state index is 12.1. The molecule has 0 saturated carbocycles. The van der Waals surface area contributed by atoms with Gasteiger partial charge in [0.1, 0.15) is 6.10 Å². The molecule has 0 radical (unpaired) electrons. The summed E-state index contributed by atoms with van der Waals surface area (Å²) >= 11 is 0. The summed E-state index contributed by atoms with van der Waals surface area (Å²) in [6.07, 6.45) is 0.639. The second-order valence-corrected chi connectivity index (χ2v) is 7.27. The second kappa shape index (κ2) is 8.34. The highest BCUT2D eigenvalue weighted by Gasteiger charge is 2.29. The molecule has 0 bridgehead atoms. The average molecular weight is 372 g/mol. The van der Waals surface area contributed by atoms with Gasteiger partial charge in [0.2, 0.25) is 15.9 Å². The number of hydrogen-bond acceptors (Lipinski definition) is 7. The van der Waals surface area contributed by atoms with Crippen LogP contribution < -0.4 is 15.8 Å². The van der Waals surface area contributed by atoms with Gasteiger partial charge in [0.05, 0.1) is 15.9 Å². The number of amides is 1. The van der Waals surface area contributed by atoms with Crippen LogP contribution >= 0.6 is 0 Å². The van der Waals surface area contributed by atoms with Gasteiger partial charge in [0, 0.05) is 31.8 Å². The molecule has 4 N–H and O–H groups in total. The Labute approximate surface area is 144 Å². The number of nitrogens with one attached hydrogen (secondary N) is 2. The summed E-state index contributed by atoms with van der Waals surface area (Å²) in [5.41, 5.74) is 5.28. The zero-order valence-corrected chi connectivity index (χ0v) is 14.2. The molecule has 1 aliphatic rings. The zero-order valence-electron chi connectivity index (χ0n) is 13.4. The number of nitrogens with two attached hydrogens (primary N) is 1. The maximum atomic E-state index is 12.1. The number of nitro benzene ring substituents is 1. The number of hydrogen-bond donors (Lipinski definition) is 3. The Morgan fingerprint density at radius 1 is 1.28 bits per heavy atom. The van der Waals surface area contributed by atoms with Crippen LogP contribution in [0.15, 0.2) is 29.2 Å². The van der Waals surface area contributed by atoms with E-state index in [0.29, 0.717) is 13.0 Å². The Morgan fingerprint density at radius 3 is 2.52 bits per heavy atom. The third-order valence-electron chi connectivity index (χ3n) is 3.74. The number of nitrogens with zero attached hydrogens (tertiary/aromatic N) is 1. The van der Waals surface area contributed by atoms with Crippen molar-refractivity contribution in [2.75, 3.05) is 19.6 Å². The van der Waals surface area contributed by atoms with E-state index in [1.807, 2.05) is 0 Å². The van der Waals surface area contributed by atoms with Crippen molar-refractivity contribution in [1.29, 1.82) is 0 Å². The predicted octanol–water partition coefficient (Wildman–Crippen LogP) is -0.504. The first-order valence-corrected chi connectivity index (χ1v) is 9.19. The molecule has 0 spiro atoms. The number of nitro groups is 1. The van der Waals surface area contributed by atoms with Crippen molar-refractivity contribution < 1.29 is 22.9 Å². The number of rotatable bonds is 8. The van der Waals surface area contributed by atoms with Crippen molar-refractivity contribution >= 4 is 21.6 Å². The van der Waals surface area contributed by atoms with Gasteiger partial charge in [-0.05, 0) is 25.0 Å². The first kappa shape index (κ1) is 19.2. The van der Waals surface area contributed by atoms with Gasteiger partial charge in [-0.3, -0.25) is 14.9 Å². The lowest BCUT2D eigenvalue weighted by Gasteiger charge is -2.13. The van der Waals surface area contributed by atoms with Gasteiger partial charge in [-0.15, -0.1) is 0 Å². The summed E-state index contributed by atoms with van der Waals surface area (Å²) in [4.78, 5) is 21.8. The van der Waals surface area contributed by atoms with E-state index in [9.17, 15) is 23.3 Å². The van der Waals surface area contributed by atoms with E-state index in [1.165, 1.54) is 0 Å². The number of sulfonamides is 1. The fraction of sp³-hybridized carbons (Fsp3) is 0.500. The van der Waals surface area contributed by atoms with Crippen molar-refractivity contribution in [2.24, 2.45) is 5.73 Å². The summed E-state index contributed by atoms with van der Waals surface area (Å²) in [5.74, 6) is -0.300. The molecule has 1 aromatic carbocycles. The Kier molecular flexibility index (Phi) is 6.42. The Balaban J connectivity index is 1.78. The van der Waals surface area contributed by atoms with Gasteiger partial charge in [0.15, 0.2) is 0 Å². The third-order valence-corrected chi connectivity index (χ3v) is 5.21. The fourth-order valence-electron chi connectivity index (χ4n) is 2.39. The smallest absolute Gasteiger partial charge is 0.269 e. The molecule has 0 unspecified atom stereocenters. The van der Waals surface area contributed by atoms with E-state index in [1.54, 1.807) is 0 Å². The van der Waals surface area contributed by atoms with Crippen LogP contribution in [0.5, 0.6) is 0 Å². The third kappa shape index (κ3) is 5.19. The standard InChI is InChI=1S/C14H20N4O6S/c15-9-11-3-6-13(24-11)14(19)16-7-8-17-25(22,23)12-4-1-10(2-5-12)18(20)21/h1-2,4-5,11,13,17H,3,6-9,15H2,(H,16,19)/t11-,13+/m1/s1. The molecule has 0 aliphatic carbocycles. The van der Waals surface area contributed by atoms with Gasteiger partial charge < -0.3 is 15.8 Å². The molecular weight excluding hydrogens is 352 g/mol. The summed E-state index contributed by atoms with van der Waals surface area (Å²) < 4.78 is 31.9. The monoisotopic (exact) mass is 372 g/mol. The molecule has 10 nitrogen and oxygen atoms in total. The van der Waals surface area contributed by atoms with Crippen LogP contribution in [-0.2, 0) is 19.6 Å². The second-order valence-electron chi connectivity index (χ2n) is 5.50. The van der Waals surface area contributed by atoms with Gasteiger partial charge in [-0.2, -0.15) is 0 Å². The molecule has 138 valence electrons. The Hall–Kier alpha value is -2.08. The summed E-state index contributed by atoms with van der Waals surface area (Å²) in [6.45, 7) is 0.440. The minimum Gasteiger partial charge on any atom is -0.364 e. The van der Waals surface area contributed by atoms with Crippen molar-refractivity contribution in [3.63, 3.8) is 0 Å². The fourth-order valence-corrected chi connectivity index (χ4v) is 3.42. The van der Waals surface area contributed by atoms with Gasteiger partial charge >= 0.3 is 0 Å². The molecule has 2 atom stereocenters. The maximum Gasteiger partial charge on any atom is 0.269 e. The SMILES string of the molecule is NC[C@H]1CC[C@@H](C(=O)NCCNS(=O)(=O)c2ccc([N+](=O)[O-])cc2)O1. The van der Waals surface area contributed by atoms with E-state index in [4.69, 9.17) is 10.5 Å². The van der Waals surface area contributed by atoms with Crippen LogP contribution in [0.25, 0.3) is 0 Å². The van der Waals surface area contributed by atoms with Crippen LogP contribution in [0.3, 0.4) is 0 Å². The van der Waals surface area contributed by atoms with Crippen molar-refractivity contribution in [2.45, 2.75) is 29.9 Å². The minimum absolute atomic E-state index is 0.0158. The average Bonchev–Trinajstić information content (AvgIpc) is 3.08. The molecule has 1 aliphatic heterocycles. The van der Waals surface area contributed by atoms with Crippen LogP contribution in [-0.4, -0.2) is 51.1 Å². The number of benzene rings is 1. The molecule has 0 aromatic heterocycles. The highest BCUT2D eigenvalue weighted by molar-refractivity contribution is 7.89. The summed E-state index contributed by atoms with van der Waals surface area (Å²) in [5, 5.41) is 13.2. The topological polar surface area (TPSA) is 154 Å². The highest BCUT2D eigenvalue weighted by Crippen LogP contribution is 2.18. The molecule has 1 aromatic rings. The Bertz CT molecular complexity index is 721. The molecule has 25 heavy (non-hydrogen) atoms. The normalized spacial score (nSPS) is 20.4. The molecule has 2 rings (SSSR count). The van der Waals surface area contributed by atoms with Crippen molar-refractivity contribution in [3.8, 4) is 0 Å². The highest BCUT2D eigenvalue weighted by atomic mass is 32.2. The van der Waals surface area contributed by atoms with Crippen LogP contribution in [0.4, 0.5) is 5.69 Å². The van der Waals surface area contributed by atoms with E-state index >= 15 is 0 Å². The number of carbonyl (C=O) groups excluding carboxylic acids is 1. The van der Waals surface area contributed by atoms with Crippen LogP contribution in [0.1, 0.15) is 12.8 Å². The first-order valence-electron chi connectivity index (χ1n) is 7.71. The molecule has 1 amide bonds. The van der Waals surface area contributed by atoms with Gasteiger partial charge in [0.25, 0.3) is 5.69 Å². The number of non-ortho nitro benzene ring substituents is 1. The lowest BCUT2D eigenvalue weighted by Crippen LogP contribution is -2.40. The van der Waals surface area contributed by atoms with E-state index in [2.05, 4.69) is 10.0 Å². The first-order chi connectivity index (χ1) is 11.8. The molecule has 1 saturated heterocycles. The number of ether oxygens (including phenoxy) is 1. The number of carbonyl (C=O) groups is 1. The zero-order chi connectivity index (χ0) is 18.4. The lowest BCUT2D eigenvalue weighted by molar-refractivity contribution is -0.384. The van der Waals surface area contributed by atoms with Crippen molar-refractivity contribution in [1.82, 2.24) is 10.0 Å². The Morgan fingerprint density at radius 2 is 1.96 bits per heavy atom. The van der Waals surface area contributed by atoms with Gasteiger partial charge in [-0.1, -0.05) is 0 Å². The van der Waals surface area contributed by atoms with E-state index in [0.717, 1.165) is 30.7 Å². The molecule has 1 fully saturated rings. The predicted molar refractivity (Wildman–Crippen MR) is 88.2 cm³/mol. The summed E-state index contributed by atoms with van der Waals surface area (Å²) in [7, 11) is -3.80. The minimum atomic E-state index is -3.80.